The Hall–Kier alpha value is -1.35. The molecule has 0 radical (unpaired) electrons. The first-order valence-electron chi connectivity index (χ1n) is 6.23. The van der Waals surface area contributed by atoms with E-state index in [2.05, 4.69) is 12.4 Å². The number of amides is 1. The van der Waals surface area contributed by atoms with Gasteiger partial charge in [0, 0.05) is 5.92 Å². The van der Waals surface area contributed by atoms with Crippen molar-refractivity contribution >= 4 is 5.91 Å². The van der Waals surface area contributed by atoms with Gasteiger partial charge in [0.25, 0.3) is 0 Å². The van der Waals surface area contributed by atoms with Gasteiger partial charge in [0.05, 0.1) is 6.61 Å². The fourth-order valence-electron chi connectivity index (χ4n) is 2.38. The molecule has 92 valence electrons. The maximum atomic E-state index is 11.8. The molecule has 0 bridgehead atoms. The SMILES string of the molecule is CC1CCCC1C(=O)NOCc1ccccc1. The molecule has 2 atom stereocenters. The quantitative estimate of drug-likeness (QED) is 0.812. The highest BCUT2D eigenvalue weighted by molar-refractivity contribution is 5.78. The van der Waals surface area contributed by atoms with Crippen molar-refractivity contribution in [3.8, 4) is 0 Å². The second-order valence-electron chi connectivity index (χ2n) is 4.76. The lowest BCUT2D eigenvalue weighted by Crippen LogP contribution is -2.31. The molecule has 0 spiro atoms. The van der Waals surface area contributed by atoms with E-state index in [0.29, 0.717) is 12.5 Å². The Labute approximate surface area is 102 Å². The highest BCUT2D eigenvalue weighted by Crippen LogP contribution is 2.31. The Morgan fingerprint density at radius 1 is 1.35 bits per heavy atom. The van der Waals surface area contributed by atoms with E-state index in [0.717, 1.165) is 24.8 Å². The number of carbonyl (C=O) groups excluding carboxylic acids is 1. The van der Waals surface area contributed by atoms with Crippen LogP contribution in [0.2, 0.25) is 0 Å². The largest absolute Gasteiger partial charge is 0.272 e. The summed E-state index contributed by atoms with van der Waals surface area (Å²) < 4.78 is 0. The second kappa shape index (κ2) is 5.82. The number of hydrogen-bond donors (Lipinski definition) is 1. The van der Waals surface area contributed by atoms with Crippen molar-refractivity contribution in [3.63, 3.8) is 0 Å². The summed E-state index contributed by atoms with van der Waals surface area (Å²) in [6.07, 6.45) is 3.29. The number of hydrogen-bond acceptors (Lipinski definition) is 2. The Kier molecular flexibility index (Phi) is 4.15. The Morgan fingerprint density at radius 2 is 2.12 bits per heavy atom. The molecule has 2 rings (SSSR count). The lowest BCUT2D eigenvalue weighted by atomic mass is 9.98. The molecule has 3 heteroatoms. The zero-order chi connectivity index (χ0) is 12.1. The monoisotopic (exact) mass is 233 g/mol. The van der Waals surface area contributed by atoms with Crippen LogP contribution in [0.5, 0.6) is 0 Å². The van der Waals surface area contributed by atoms with E-state index in [1.54, 1.807) is 0 Å². The molecule has 1 aliphatic carbocycles. The molecule has 17 heavy (non-hydrogen) atoms. The molecular weight excluding hydrogens is 214 g/mol. The lowest BCUT2D eigenvalue weighted by molar-refractivity contribution is -0.139. The van der Waals surface area contributed by atoms with E-state index in [9.17, 15) is 4.79 Å². The van der Waals surface area contributed by atoms with Crippen molar-refractivity contribution in [3.05, 3.63) is 35.9 Å². The zero-order valence-corrected chi connectivity index (χ0v) is 10.2. The van der Waals surface area contributed by atoms with Crippen LogP contribution in [0, 0.1) is 11.8 Å². The van der Waals surface area contributed by atoms with Gasteiger partial charge in [0.15, 0.2) is 0 Å². The van der Waals surface area contributed by atoms with Crippen LogP contribution < -0.4 is 5.48 Å². The smallest absolute Gasteiger partial charge is 0.246 e. The molecule has 1 aliphatic rings. The van der Waals surface area contributed by atoms with Crippen molar-refractivity contribution in [1.82, 2.24) is 5.48 Å². The van der Waals surface area contributed by atoms with Crippen molar-refractivity contribution in [2.75, 3.05) is 0 Å². The normalized spacial score (nSPS) is 23.6. The molecule has 1 N–H and O–H groups in total. The number of hydroxylamine groups is 1. The van der Waals surface area contributed by atoms with Crippen LogP contribution in [0.15, 0.2) is 30.3 Å². The third-order valence-electron chi connectivity index (χ3n) is 3.45. The average molecular weight is 233 g/mol. The van der Waals surface area contributed by atoms with E-state index < -0.39 is 0 Å². The molecule has 1 amide bonds. The van der Waals surface area contributed by atoms with Gasteiger partial charge in [-0.15, -0.1) is 0 Å². The molecular formula is C14H19NO2. The van der Waals surface area contributed by atoms with Crippen molar-refractivity contribution in [1.29, 1.82) is 0 Å². The van der Waals surface area contributed by atoms with Gasteiger partial charge in [0.2, 0.25) is 5.91 Å². The molecule has 0 aliphatic heterocycles. The maximum absolute atomic E-state index is 11.8. The number of benzene rings is 1. The molecule has 1 fully saturated rings. The van der Waals surface area contributed by atoms with Gasteiger partial charge in [-0.3, -0.25) is 9.63 Å². The molecule has 2 unspecified atom stereocenters. The maximum Gasteiger partial charge on any atom is 0.246 e. The number of rotatable bonds is 4. The zero-order valence-electron chi connectivity index (χ0n) is 10.2. The summed E-state index contributed by atoms with van der Waals surface area (Å²) in [5.41, 5.74) is 3.63. The first kappa shape index (κ1) is 12.1. The van der Waals surface area contributed by atoms with Gasteiger partial charge in [0.1, 0.15) is 0 Å². The predicted octanol–water partition coefficient (Wildman–Crippen LogP) is 2.67. The summed E-state index contributed by atoms with van der Waals surface area (Å²) in [7, 11) is 0. The second-order valence-corrected chi connectivity index (χ2v) is 4.76. The minimum atomic E-state index is 0.0333. The Morgan fingerprint density at radius 3 is 2.76 bits per heavy atom. The average Bonchev–Trinajstić information content (AvgIpc) is 2.77. The van der Waals surface area contributed by atoms with Gasteiger partial charge in [-0.05, 0) is 24.3 Å². The van der Waals surface area contributed by atoms with Crippen LogP contribution in [0.1, 0.15) is 31.7 Å². The van der Waals surface area contributed by atoms with Gasteiger partial charge >= 0.3 is 0 Å². The van der Waals surface area contributed by atoms with E-state index in [4.69, 9.17) is 4.84 Å². The summed E-state index contributed by atoms with van der Waals surface area (Å²) in [6, 6.07) is 9.83. The van der Waals surface area contributed by atoms with Gasteiger partial charge in [-0.2, -0.15) is 0 Å². The highest BCUT2D eigenvalue weighted by atomic mass is 16.6. The lowest BCUT2D eigenvalue weighted by Gasteiger charge is -2.14. The predicted molar refractivity (Wildman–Crippen MR) is 65.9 cm³/mol. The molecule has 1 saturated carbocycles. The molecule has 0 aromatic heterocycles. The third kappa shape index (κ3) is 3.30. The van der Waals surface area contributed by atoms with Gasteiger partial charge < -0.3 is 0 Å². The van der Waals surface area contributed by atoms with Crippen molar-refractivity contribution < 1.29 is 9.63 Å². The number of carbonyl (C=O) groups is 1. The van der Waals surface area contributed by atoms with Gasteiger partial charge in [-0.1, -0.05) is 43.7 Å². The Bertz CT molecular complexity index is 364. The van der Waals surface area contributed by atoms with Crippen LogP contribution in [-0.4, -0.2) is 5.91 Å². The van der Waals surface area contributed by atoms with E-state index in [1.807, 2.05) is 30.3 Å². The van der Waals surface area contributed by atoms with Crippen LogP contribution in [0.25, 0.3) is 0 Å². The summed E-state index contributed by atoms with van der Waals surface area (Å²) in [5, 5.41) is 0. The van der Waals surface area contributed by atoms with Crippen molar-refractivity contribution in [2.24, 2.45) is 11.8 Å². The molecule has 1 aromatic carbocycles. The summed E-state index contributed by atoms with van der Waals surface area (Å²) in [4.78, 5) is 17.1. The fourth-order valence-corrected chi connectivity index (χ4v) is 2.38. The third-order valence-corrected chi connectivity index (χ3v) is 3.45. The van der Waals surface area contributed by atoms with E-state index in [1.165, 1.54) is 0 Å². The minimum Gasteiger partial charge on any atom is -0.272 e. The van der Waals surface area contributed by atoms with Crippen molar-refractivity contribution in [2.45, 2.75) is 32.8 Å². The highest BCUT2D eigenvalue weighted by Gasteiger charge is 2.29. The topological polar surface area (TPSA) is 38.3 Å². The summed E-state index contributed by atoms with van der Waals surface area (Å²) in [5.74, 6) is 0.645. The fraction of sp³-hybridized carbons (Fsp3) is 0.500. The molecule has 0 heterocycles. The van der Waals surface area contributed by atoms with Crippen LogP contribution in [0.3, 0.4) is 0 Å². The molecule has 1 aromatic rings. The van der Waals surface area contributed by atoms with Crippen LogP contribution >= 0.6 is 0 Å². The van der Waals surface area contributed by atoms with E-state index >= 15 is 0 Å². The summed E-state index contributed by atoms with van der Waals surface area (Å²) >= 11 is 0. The molecule has 3 nitrogen and oxygen atoms in total. The van der Waals surface area contributed by atoms with Crippen LogP contribution in [-0.2, 0) is 16.2 Å². The van der Waals surface area contributed by atoms with Crippen LogP contribution in [0.4, 0.5) is 0 Å². The number of nitrogens with one attached hydrogen (secondary N) is 1. The van der Waals surface area contributed by atoms with E-state index in [-0.39, 0.29) is 11.8 Å². The van der Waals surface area contributed by atoms with Gasteiger partial charge in [-0.25, -0.2) is 5.48 Å². The Balaban J connectivity index is 1.73. The summed E-state index contributed by atoms with van der Waals surface area (Å²) in [6.45, 7) is 2.56. The molecule has 0 saturated heterocycles. The first-order chi connectivity index (χ1) is 8.27. The first-order valence-corrected chi connectivity index (χ1v) is 6.23. The standard InChI is InChI=1S/C14H19NO2/c1-11-6-5-9-13(11)14(16)15-17-10-12-7-3-2-4-8-12/h2-4,7-8,11,13H,5-6,9-10H2,1H3,(H,15,16). The minimum absolute atomic E-state index is 0.0333.